The zero-order valence-electron chi connectivity index (χ0n) is 15.0. The van der Waals surface area contributed by atoms with Gasteiger partial charge in [0.15, 0.2) is 0 Å². The number of para-hydroxylation sites is 1. The Balaban J connectivity index is 1.84. The van der Waals surface area contributed by atoms with Crippen molar-refractivity contribution in [1.82, 2.24) is 19.5 Å². The van der Waals surface area contributed by atoms with Gasteiger partial charge >= 0.3 is 0 Å². The summed E-state index contributed by atoms with van der Waals surface area (Å²) in [6, 6.07) is 14.7. The highest BCUT2D eigenvalue weighted by molar-refractivity contribution is 5.79. The quantitative estimate of drug-likeness (QED) is 0.543. The second-order valence-corrected chi connectivity index (χ2v) is 6.32. The molecule has 4 rings (SSSR count). The van der Waals surface area contributed by atoms with Gasteiger partial charge in [-0.3, -0.25) is 4.98 Å². The van der Waals surface area contributed by atoms with Crippen molar-refractivity contribution in [3.05, 3.63) is 78.5 Å². The first-order valence-corrected chi connectivity index (χ1v) is 8.77. The molecule has 3 heterocycles. The van der Waals surface area contributed by atoms with Gasteiger partial charge in [0, 0.05) is 31.2 Å². The van der Waals surface area contributed by atoms with E-state index in [0.717, 1.165) is 28.8 Å². The highest BCUT2D eigenvalue weighted by Gasteiger charge is 2.16. The number of hydrogen-bond acceptors (Lipinski definition) is 4. The Labute approximate surface area is 153 Å². The van der Waals surface area contributed by atoms with Crippen LogP contribution in [0.1, 0.15) is 18.1 Å². The predicted molar refractivity (Wildman–Crippen MR) is 104 cm³/mol. The first kappa shape index (κ1) is 16.3. The summed E-state index contributed by atoms with van der Waals surface area (Å²) in [5, 5.41) is 0. The van der Waals surface area contributed by atoms with Gasteiger partial charge in [-0.2, -0.15) is 0 Å². The van der Waals surface area contributed by atoms with E-state index in [-0.39, 0.29) is 0 Å². The summed E-state index contributed by atoms with van der Waals surface area (Å²) in [6.45, 7) is 2.89. The van der Waals surface area contributed by atoms with Gasteiger partial charge in [0.05, 0.1) is 24.6 Å². The van der Waals surface area contributed by atoms with Gasteiger partial charge in [0.2, 0.25) is 0 Å². The largest absolute Gasteiger partial charge is 0.334 e. The minimum atomic E-state index is 0.710. The Morgan fingerprint density at radius 1 is 1.04 bits per heavy atom. The van der Waals surface area contributed by atoms with Crippen LogP contribution >= 0.6 is 0 Å². The van der Waals surface area contributed by atoms with Crippen molar-refractivity contribution in [2.75, 3.05) is 4.90 Å². The van der Waals surface area contributed by atoms with Crippen LogP contribution in [0.3, 0.4) is 0 Å². The molecule has 0 saturated carbocycles. The number of nitrogens with zero attached hydrogens (tertiary/aromatic N) is 5. The fourth-order valence-corrected chi connectivity index (χ4v) is 3.20. The van der Waals surface area contributed by atoms with E-state index in [1.165, 1.54) is 11.3 Å². The molecule has 0 aliphatic heterocycles. The maximum atomic E-state index is 4.70. The molecule has 0 aliphatic carbocycles. The van der Waals surface area contributed by atoms with Crippen LogP contribution in [0.25, 0.3) is 11.0 Å². The summed E-state index contributed by atoms with van der Waals surface area (Å²) in [5.74, 6) is 0.908. The van der Waals surface area contributed by atoms with E-state index in [0.29, 0.717) is 6.54 Å². The molecule has 0 fully saturated rings. The summed E-state index contributed by atoms with van der Waals surface area (Å²) in [7, 11) is 2.00. The van der Waals surface area contributed by atoms with Crippen molar-refractivity contribution >= 4 is 22.5 Å². The average molecular weight is 343 g/mol. The topological polar surface area (TPSA) is 46.8 Å². The molecule has 0 amide bonds. The van der Waals surface area contributed by atoms with Crippen LogP contribution in [0.15, 0.2) is 67.4 Å². The van der Waals surface area contributed by atoms with Gasteiger partial charge < -0.3 is 9.47 Å². The fraction of sp³-hybridized carbons (Fsp3) is 0.190. The van der Waals surface area contributed by atoms with Crippen molar-refractivity contribution in [3.63, 3.8) is 0 Å². The van der Waals surface area contributed by atoms with E-state index in [2.05, 4.69) is 58.2 Å². The van der Waals surface area contributed by atoms with Crippen molar-refractivity contribution in [2.24, 2.45) is 7.05 Å². The van der Waals surface area contributed by atoms with Crippen LogP contribution in [0, 0.1) is 0 Å². The highest BCUT2D eigenvalue weighted by atomic mass is 15.2. The molecule has 130 valence electrons. The Bertz CT molecular complexity index is 1020. The third-order valence-electron chi connectivity index (χ3n) is 4.60. The van der Waals surface area contributed by atoms with Crippen molar-refractivity contribution < 1.29 is 0 Å². The summed E-state index contributed by atoms with van der Waals surface area (Å²) in [6.07, 6.45) is 8.34. The molecular weight excluding hydrogens is 322 g/mol. The van der Waals surface area contributed by atoms with E-state index in [9.17, 15) is 0 Å². The van der Waals surface area contributed by atoms with E-state index in [4.69, 9.17) is 4.98 Å². The number of fused-ring (bicyclic) bond motifs is 1. The average Bonchev–Trinajstić information content (AvgIpc) is 3.07. The monoisotopic (exact) mass is 343 g/mol. The van der Waals surface area contributed by atoms with E-state index >= 15 is 0 Å². The molecule has 3 aromatic heterocycles. The van der Waals surface area contributed by atoms with Crippen LogP contribution in [0.2, 0.25) is 0 Å². The molecule has 0 N–H and O–H groups in total. The van der Waals surface area contributed by atoms with Gasteiger partial charge in [-0.25, -0.2) is 9.97 Å². The zero-order valence-corrected chi connectivity index (χ0v) is 15.0. The molecule has 0 radical (unpaired) electrons. The zero-order chi connectivity index (χ0) is 17.9. The smallest absolute Gasteiger partial charge is 0.135 e. The lowest BCUT2D eigenvalue weighted by Gasteiger charge is -2.26. The number of anilines is 2. The lowest BCUT2D eigenvalue weighted by Crippen LogP contribution is -2.19. The third-order valence-corrected chi connectivity index (χ3v) is 4.60. The Kier molecular flexibility index (Phi) is 4.35. The minimum absolute atomic E-state index is 0.710. The van der Waals surface area contributed by atoms with Crippen LogP contribution in [0.5, 0.6) is 0 Å². The second-order valence-electron chi connectivity index (χ2n) is 6.32. The first-order chi connectivity index (χ1) is 12.8. The molecular formula is C21H21N5. The van der Waals surface area contributed by atoms with E-state index in [1.807, 2.05) is 36.4 Å². The minimum Gasteiger partial charge on any atom is -0.334 e. The van der Waals surface area contributed by atoms with Crippen molar-refractivity contribution in [2.45, 2.75) is 19.9 Å². The van der Waals surface area contributed by atoms with Crippen molar-refractivity contribution in [1.29, 1.82) is 0 Å². The van der Waals surface area contributed by atoms with Gasteiger partial charge in [0.25, 0.3) is 0 Å². The number of aryl methyl sites for hydroxylation is 2. The molecule has 0 unspecified atom stereocenters. The molecule has 0 saturated heterocycles. The van der Waals surface area contributed by atoms with Crippen LogP contribution < -0.4 is 4.90 Å². The molecule has 0 atom stereocenters. The second kappa shape index (κ2) is 6.96. The van der Waals surface area contributed by atoms with E-state index in [1.54, 1.807) is 6.20 Å². The van der Waals surface area contributed by atoms with Crippen LogP contribution in [-0.4, -0.2) is 19.5 Å². The lowest BCUT2D eigenvalue weighted by atomic mass is 10.1. The number of pyridine rings is 2. The molecule has 4 aromatic rings. The molecule has 0 aliphatic rings. The number of hydrogen-bond donors (Lipinski definition) is 0. The maximum Gasteiger partial charge on any atom is 0.135 e. The Morgan fingerprint density at radius 3 is 2.73 bits per heavy atom. The number of rotatable bonds is 5. The van der Waals surface area contributed by atoms with Crippen molar-refractivity contribution in [3.8, 4) is 0 Å². The van der Waals surface area contributed by atoms with Gasteiger partial charge in [-0.15, -0.1) is 0 Å². The van der Waals surface area contributed by atoms with Crippen LogP contribution in [0.4, 0.5) is 11.5 Å². The fourth-order valence-electron chi connectivity index (χ4n) is 3.20. The Hall–Kier alpha value is -3.21. The predicted octanol–water partition coefficient (Wildman–Crippen LogP) is 4.26. The maximum absolute atomic E-state index is 4.70. The molecule has 26 heavy (non-hydrogen) atoms. The lowest BCUT2D eigenvalue weighted by molar-refractivity contribution is 0.921. The van der Waals surface area contributed by atoms with Gasteiger partial charge in [0.1, 0.15) is 11.3 Å². The first-order valence-electron chi connectivity index (χ1n) is 8.77. The third kappa shape index (κ3) is 3.04. The standard InChI is InChI=1S/C21H21N5/c1-3-17-8-4-5-9-19(17)26(14-16-7-6-10-22-12-16)21-11-20-18(13-23-21)24-15-25(20)2/h4-13,15H,3,14H2,1-2H3. The van der Waals surface area contributed by atoms with Gasteiger partial charge in [-0.1, -0.05) is 31.2 Å². The summed E-state index contributed by atoms with van der Waals surface area (Å²) >= 11 is 0. The number of imidazole rings is 1. The normalized spacial score (nSPS) is 11.0. The summed E-state index contributed by atoms with van der Waals surface area (Å²) in [4.78, 5) is 15.6. The highest BCUT2D eigenvalue weighted by Crippen LogP contribution is 2.31. The molecule has 0 bridgehead atoms. The molecule has 5 nitrogen and oxygen atoms in total. The summed E-state index contributed by atoms with van der Waals surface area (Å²) < 4.78 is 2.02. The van der Waals surface area contributed by atoms with Gasteiger partial charge in [-0.05, 0) is 29.7 Å². The van der Waals surface area contributed by atoms with E-state index < -0.39 is 0 Å². The molecule has 1 aromatic carbocycles. The SMILES string of the molecule is CCc1ccccc1N(Cc1cccnc1)c1cc2c(cn1)ncn2C. The van der Waals surface area contributed by atoms with Crippen LogP contribution in [-0.2, 0) is 20.0 Å². The summed E-state index contributed by atoms with van der Waals surface area (Å²) in [5.41, 5.74) is 5.59. The molecule has 5 heteroatoms. The Morgan fingerprint density at radius 2 is 1.92 bits per heavy atom. The number of aromatic nitrogens is 4. The number of benzene rings is 1. The molecule has 0 spiro atoms.